The van der Waals surface area contributed by atoms with E-state index in [-0.39, 0.29) is 0 Å². The van der Waals surface area contributed by atoms with Gasteiger partial charge < -0.3 is 9.84 Å². The molecule has 18 heavy (non-hydrogen) atoms. The standard InChI is InChI=1S/C15H24O2Si/c1-6-18(4,5)12-17-14-9-7-13(8-10-14)11-15(2,3)16/h6-10,16H,1,11-12H2,2-5H3. The predicted molar refractivity (Wildman–Crippen MR) is 79.6 cm³/mol. The summed E-state index contributed by atoms with van der Waals surface area (Å²) in [4.78, 5) is 0. The minimum atomic E-state index is -1.41. The average Bonchev–Trinajstić information content (AvgIpc) is 2.26. The van der Waals surface area contributed by atoms with Crippen LogP contribution >= 0.6 is 0 Å². The van der Waals surface area contributed by atoms with Crippen LogP contribution in [0.5, 0.6) is 5.75 Å². The molecule has 0 saturated heterocycles. The smallest absolute Gasteiger partial charge is 0.118 e. The van der Waals surface area contributed by atoms with Crippen molar-refractivity contribution < 1.29 is 9.84 Å². The number of benzene rings is 1. The minimum Gasteiger partial charge on any atom is -0.497 e. The van der Waals surface area contributed by atoms with E-state index in [2.05, 4.69) is 19.7 Å². The number of hydrogen-bond acceptors (Lipinski definition) is 2. The van der Waals surface area contributed by atoms with Crippen LogP contribution < -0.4 is 4.74 Å². The first kappa shape index (κ1) is 15.0. The van der Waals surface area contributed by atoms with Crippen molar-refractivity contribution in [2.75, 3.05) is 6.23 Å². The van der Waals surface area contributed by atoms with Gasteiger partial charge in [-0.2, -0.15) is 0 Å². The zero-order valence-electron chi connectivity index (χ0n) is 11.9. The van der Waals surface area contributed by atoms with Crippen molar-refractivity contribution in [1.82, 2.24) is 0 Å². The van der Waals surface area contributed by atoms with E-state index in [4.69, 9.17) is 4.74 Å². The Kier molecular flexibility index (Phi) is 4.76. The molecule has 0 saturated carbocycles. The molecule has 1 rings (SSSR count). The highest BCUT2D eigenvalue weighted by Crippen LogP contribution is 2.17. The van der Waals surface area contributed by atoms with Crippen molar-refractivity contribution in [1.29, 1.82) is 0 Å². The molecule has 1 aromatic rings. The topological polar surface area (TPSA) is 29.5 Å². The van der Waals surface area contributed by atoms with Crippen molar-refractivity contribution in [3.05, 3.63) is 42.1 Å². The molecule has 0 fully saturated rings. The molecule has 0 radical (unpaired) electrons. The van der Waals surface area contributed by atoms with E-state index in [0.717, 1.165) is 17.5 Å². The second kappa shape index (κ2) is 5.72. The van der Waals surface area contributed by atoms with Crippen molar-refractivity contribution in [2.45, 2.75) is 39.0 Å². The molecule has 0 aliphatic carbocycles. The third kappa shape index (κ3) is 5.51. The van der Waals surface area contributed by atoms with Crippen LogP contribution in [-0.4, -0.2) is 25.0 Å². The summed E-state index contributed by atoms with van der Waals surface area (Å²) in [5.41, 5.74) is 2.49. The normalized spacial score (nSPS) is 12.3. The van der Waals surface area contributed by atoms with Gasteiger partial charge in [0.25, 0.3) is 0 Å². The summed E-state index contributed by atoms with van der Waals surface area (Å²) in [7, 11) is -1.41. The molecule has 0 unspecified atom stereocenters. The molecule has 0 atom stereocenters. The van der Waals surface area contributed by atoms with Gasteiger partial charge in [-0.15, -0.1) is 6.58 Å². The largest absolute Gasteiger partial charge is 0.497 e. The van der Waals surface area contributed by atoms with Gasteiger partial charge in [-0.25, -0.2) is 0 Å². The van der Waals surface area contributed by atoms with Crippen molar-refractivity contribution >= 4 is 8.07 Å². The molecule has 3 heteroatoms. The maximum Gasteiger partial charge on any atom is 0.118 e. The summed E-state index contributed by atoms with van der Waals surface area (Å²) in [6.07, 6.45) is 1.40. The van der Waals surface area contributed by atoms with Crippen molar-refractivity contribution in [2.24, 2.45) is 0 Å². The Labute approximate surface area is 111 Å². The fourth-order valence-electron chi connectivity index (χ4n) is 1.53. The third-order valence-electron chi connectivity index (χ3n) is 2.72. The first-order chi connectivity index (χ1) is 8.22. The van der Waals surface area contributed by atoms with Gasteiger partial charge in [0.1, 0.15) is 13.8 Å². The second-order valence-corrected chi connectivity index (χ2v) is 10.8. The zero-order valence-corrected chi connectivity index (χ0v) is 12.9. The first-order valence-electron chi connectivity index (χ1n) is 6.30. The van der Waals surface area contributed by atoms with Crippen molar-refractivity contribution in [3.63, 3.8) is 0 Å². The highest BCUT2D eigenvalue weighted by Gasteiger charge is 2.17. The molecule has 0 aromatic heterocycles. The molecule has 0 aliphatic rings. The molecule has 2 nitrogen and oxygen atoms in total. The summed E-state index contributed by atoms with van der Waals surface area (Å²) < 4.78 is 5.77. The van der Waals surface area contributed by atoms with Crippen LogP contribution in [0.1, 0.15) is 19.4 Å². The van der Waals surface area contributed by atoms with Gasteiger partial charge in [0.05, 0.1) is 11.8 Å². The lowest BCUT2D eigenvalue weighted by Crippen LogP contribution is -2.31. The van der Waals surface area contributed by atoms with Gasteiger partial charge in [0.15, 0.2) is 0 Å². The fraction of sp³-hybridized carbons (Fsp3) is 0.467. The Hall–Kier alpha value is -1.06. The average molecular weight is 264 g/mol. The highest BCUT2D eigenvalue weighted by molar-refractivity contribution is 6.82. The summed E-state index contributed by atoms with van der Waals surface area (Å²) in [6.45, 7) is 11.9. The lowest BCUT2D eigenvalue weighted by atomic mass is 9.99. The van der Waals surface area contributed by atoms with Crippen molar-refractivity contribution in [3.8, 4) is 5.75 Å². The second-order valence-electron chi connectivity index (χ2n) is 6.11. The Balaban J connectivity index is 2.58. The van der Waals surface area contributed by atoms with Crippen LogP contribution in [0, 0.1) is 0 Å². The number of aliphatic hydroxyl groups is 1. The predicted octanol–water partition coefficient (Wildman–Crippen LogP) is 3.35. The Bertz CT molecular complexity index is 388. The summed E-state index contributed by atoms with van der Waals surface area (Å²) in [5.74, 6) is 0.886. The van der Waals surface area contributed by atoms with Gasteiger partial charge in [0, 0.05) is 6.42 Å². The monoisotopic (exact) mass is 264 g/mol. The molecule has 0 aliphatic heterocycles. The Morgan fingerprint density at radius 2 is 1.83 bits per heavy atom. The lowest BCUT2D eigenvalue weighted by molar-refractivity contribution is 0.0810. The maximum absolute atomic E-state index is 9.75. The first-order valence-corrected chi connectivity index (χ1v) is 9.58. The molecule has 0 amide bonds. The number of ether oxygens (including phenoxy) is 1. The molecule has 1 aromatic carbocycles. The number of rotatable bonds is 6. The van der Waals surface area contributed by atoms with E-state index in [9.17, 15) is 5.11 Å². The Morgan fingerprint density at radius 1 is 1.28 bits per heavy atom. The van der Waals surface area contributed by atoms with Gasteiger partial charge in [0.2, 0.25) is 0 Å². The SMILES string of the molecule is C=C[Si](C)(C)COc1ccc(CC(C)(C)O)cc1. The van der Waals surface area contributed by atoms with E-state index in [1.165, 1.54) is 0 Å². The van der Waals surface area contributed by atoms with Crippen LogP contribution in [0.4, 0.5) is 0 Å². The molecule has 0 bridgehead atoms. The lowest BCUT2D eigenvalue weighted by Gasteiger charge is -2.19. The number of hydrogen-bond donors (Lipinski definition) is 1. The van der Waals surface area contributed by atoms with Crippen LogP contribution in [-0.2, 0) is 6.42 Å². The summed E-state index contributed by atoms with van der Waals surface area (Å²) in [5, 5.41) is 9.75. The molecule has 1 N–H and O–H groups in total. The van der Waals surface area contributed by atoms with Gasteiger partial charge in [-0.05, 0) is 31.5 Å². The Morgan fingerprint density at radius 3 is 2.28 bits per heavy atom. The van der Waals surface area contributed by atoms with Crippen LogP contribution in [0.25, 0.3) is 0 Å². The maximum atomic E-state index is 9.75. The third-order valence-corrected chi connectivity index (χ3v) is 4.72. The molecular formula is C15H24O2Si. The van der Waals surface area contributed by atoms with E-state index in [1.807, 2.05) is 43.8 Å². The van der Waals surface area contributed by atoms with Gasteiger partial charge in [-0.1, -0.05) is 30.9 Å². The van der Waals surface area contributed by atoms with Crippen LogP contribution in [0.3, 0.4) is 0 Å². The zero-order chi connectivity index (χ0) is 13.8. The van der Waals surface area contributed by atoms with E-state index in [1.54, 1.807) is 0 Å². The molecular weight excluding hydrogens is 240 g/mol. The molecule has 100 valence electrons. The minimum absolute atomic E-state index is 0.653. The molecule has 0 heterocycles. The summed E-state index contributed by atoms with van der Waals surface area (Å²) in [6, 6.07) is 7.95. The van der Waals surface area contributed by atoms with E-state index in [0.29, 0.717) is 6.42 Å². The highest BCUT2D eigenvalue weighted by atomic mass is 28.3. The molecule has 0 spiro atoms. The van der Waals surface area contributed by atoms with Gasteiger partial charge in [-0.3, -0.25) is 0 Å². The van der Waals surface area contributed by atoms with Gasteiger partial charge >= 0.3 is 0 Å². The van der Waals surface area contributed by atoms with E-state index < -0.39 is 13.7 Å². The van der Waals surface area contributed by atoms with E-state index >= 15 is 0 Å². The quantitative estimate of drug-likeness (QED) is 0.798. The van der Waals surface area contributed by atoms with Crippen LogP contribution in [0.15, 0.2) is 36.5 Å². The fourth-order valence-corrected chi connectivity index (χ4v) is 2.19. The summed E-state index contributed by atoms with van der Waals surface area (Å²) >= 11 is 0. The van der Waals surface area contributed by atoms with Crippen LogP contribution in [0.2, 0.25) is 13.1 Å².